The van der Waals surface area contributed by atoms with Crippen molar-refractivity contribution in [1.29, 1.82) is 0 Å². The van der Waals surface area contributed by atoms with Crippen LogP contribution in [-0.2, 0) is 12.8 Å². The van der Waals surface area contributed by atoms with Crippen LogP contribution in [0.1, 0.15) is 16.7 Å². The Kier molecular flexibility index (Phi) is 3.51. The van der Waals surface area contributed by atoms with Crippen molar-refractivity contribution in [3.63, 3.8) is 0 Å². The van der Waals surface area contributed by atoms with E-state index in [2.05, 4.69) is 47.9 Å². The first kappa shape index (κ1) is 13.6. The Balaban J connectivity index is 1.97. The molecule has 4 rings (SSSR count). The van der Waals surface area contributed by atoms with Crippen LogP contribution in [0.4, 0.5) is 5.69 Å². The minimum atomic E-state index is 0.747. The lowest BCUT2D eigenvalue weighted by Crippen LogP contribution is -2.20. The highest BCUT2D eigenvalue weighted by Crippen LogP contribution is 2.43. The van der Waals surface area contributed by atoms with Crippen molar-refractivity contribution in [2.75, 3.05) is 31.6 Å². The van der Waals surface area contributed by atoms with Gasteiger partial charge in [-0.3, -0.25) is 0 Å². The number of ether oxygens (including phenoxy) is 1. The second-order valence-corrected chi connectivity index (χ2v) is 6.16. The molecule has 0 aliphatic carbocycles. The summed E-state index contributed by atoms with van der Waals surface area (Å²) < 4.78 is 5.94. The maximum absolute atomic E-state index is 5.94. The summed E-state index contributed by atoms with van der Waals surface area (Å²) in [7, 11) is 0. The summed E-state index contributed by atoms with van der Waals surface area (Å²) in [6, 6.07) is 11.1. The number of aryl methyl sites for hydroxylation is 1. The Bertz CT molecular complexity index is 709. The molecule has 0 amide bonds. The number of anilines is 1. The molecule has 2 aromatic carbocycles. The molecule has 2 N–H and O–H groups in total. The summed E-state index contributed by atoms with van der Waals surface area (Å²) in [6.07, 6.45) is 2.15. The smallest absolute Gasteiger partial charge is 0.143 e. The topological polar surface area (TPSA) is 33.3 Å². The van der Waals surface area contributed by atoms with Crippen LogP contribution in [0.3, 0.4) is 0 Å². The van der Waals surface area contributed by atoms with Gasteiger partial charge in [0.2, 0.25) is 0 Å². The van der Waals surface area contributed by atoms with Gasteiger partial charge >= 0.3 is 0 Å². The number of hydrogen-bond acceptors (Lipinski definition) is 3. The second kappa shape index (κ2) is 5.65. The molecular formula is C19H22N2O. The van der Waals surface area contributed by atoms with Crippen LogP contribution in [0.2, 0.25) is 0 Å². The molecule has 0 saturated carbocycles. The lowest BCUT2D eigenvalue weighted by atomic mass is 9.89. The van der Waals surface area contributed by atoms with Crippen molar-refractivity contribution in [1.82, 2.24) is 5.32 Å². The van der Waals surface area contributed by atoms with Crippen molar-refractivity contribution in [2.24, 2.45) is 0 Å². The van der Waals surface area contributed by atoms with Crippen molar-refractivity contribution >= 4 is 5.69 Å². The van der Waals surface area contributed by atoms with E-state index < -0.39 is 0 Å². The van der Waals surface area contributed by atoms with Gasteiger partial charge in [-0.1, -0.05) is 29.8 Å². The summed E-state index contributed by atoms with van der Waals surface area (Å²) >= 11 is 0. The molecule has 2 aliphatic rings. The maximum atomic E-state index is 5.94. The number of nitrogens with one attached hydrogen (secondary N) is 2. The number of benzene rings is 2. The predicted octanol–water partition coefficient (Wildman–Crippen LogP) is 3.15. The molecular weight excluding hydrogens is 272 g/mol. The van der Waals surface area contributed by atoms with Gasteiger partial charge in [0.15, 0.2) is 0 Å². The highest BCUT2D eigenvalue weighted by Gasteiger charge is 2.23. The predicted molar refractivity (Wildman–Crippen MR) is 90.9 cm³/mol. The van der Waals surface area contributed by atoms with Gasteiger partial charge in [0.25, 0.3) is 0 Å². The fraction of sp³-hybridized carbons (Fsp3) is 0.368. The van der Waals surface area contributed by atoms with Crippen molar-refractivity contribution in [3.8, 4) is 16.9 Å². The maximum Gasteiger partial charge on any atom is 0.143 e. The SMILES string of the molecule is Cc1cccc(-c2c3c(cc4c2NCCO4)CCNCC3)c1. The molecule has 114 valence electrons. The van der Waals surface area contributed by atoms with Gasteiger partial charge in [-0.25, -0.2) is 0 Å². The van der Waals surface area contributed by atoms with Crippen LogP contribution >= 0.6 is 0 Å². The summed E-state index contributed by atoms with van der Waals surface area (Å²) in [5.74, 6) is 1.02. The molecule has 0 spiro atoms. The monoisotopic (exact) mass is 294 g/mol. The van der Waals surface area contributed by atoms with Crippen LogP contribution in [0.5, 0.6) is 5.75 Å². The van der Waals surface area contributed by atoms with E-state index in [0.717, 1.165) is 44.8 Å². The molecule has 2 aliphatic heterocycles. The standard InChI is InChI=1S/C19H22N2O/c1-13-3-2-4-15(11-13)18-16-6-8-20-7-5-14(16)12-17-19(18)21-9-10-22-17/h2-4,11-12,20-21H,5-10H2,1H3. The molecule has 3 nitrogen and oxygen atoms in total. The van der Waals surface area contributed by atoms with Gasteiger partial charge in [0, 0.05) is 12.1 Å². The number of fused-ring (bicyclic) bond motifs is 2. The minimum absolute atomic E-state index is 0.747. The largest absolute Gasteiger partial charge is 0.490 e. The van der Waals surface area contributed by atoms with E-state index in [1.165, 1.54) is 33.5 Å². The highest BCUT2D eigenvalue weighted by molar-refractivity contribution is 5.87. The molecule has 0 radical (unpaired) electrons. The van der Waals surface area contributed by atoms with Gasteiger partial charge in [-0.15, -0.1) is 0 Å². The van der Waals surface area contributed by atoms with E-state index in [0.29, 0.717) is 0 Å². The van der Waals surface area contributed by atoms with Gasteiger partial charge < -0.3 is 15.4 Å². The average molecular weight is 294 g/mol. The summed E-state index contributed by atoms with van der Waals surface area (Å²) in [4.78, 5) is 0. The number of rotatable bonds is 1. The second-order valence-electron chi connectivity index (χ2n) is 6.16. The molecule has 0 aromatic heterocycles. The fourth-order valence-electron chi connectivity index (χ4n) is 3.57. The van der Waals surface area contributed by atoms with Crippen LogP contribution < -0.4 is 15.4 Å². The molecule has 0 bridgehead atoms. The first-order valence-electron chi connectivity index (χ1n) is 8.16. The zero-order valence-electron chi connectivity index (χ0n) is 13.0. The first-order valence-corrected chi connectivity index (χ1v) is 8.16. The van der Waals surface area contributed by atoms with E-state index in [-0.39, 0.29) is 0 Å². The highest BCUT2D eigenvalue weighted by atomic mass is 16.5. The summed E-state index contributed by atoms with van der Waals surface area (Å²) in [5, 5.41) is 7.09. The molecule has 3 heteroatoms. The van der Waals surface area contributed by atoms with E-state index >= 15 is 0 Å². The molecule has 0 atom stereocenters. The van der Waals surface area contributed by atoms with E-state index in [9.17, 15) is 0 Å². The Morgan fingerprint density at radius 2 is 1.95 bits per heavy atom. The van der Waals surface area contributed by atoms with Crippen molar-refractivity contribution < 1.29 is 4.74 Å². The van der Waals surface area contributed by atoms with Crippen LogP contribution in [0, 0.1) is 6.92 Å². The molecule has 2 heterocycles. The van der Waals surface area contributed by atoms with E-state index in [4.69, 9.17) is 4.74 Å². The lowest BCUT2D eigenvalue weighted by Gasteiger charge is -2.26. The third-order valence-corrected chi connectivity index (χ3v) is 4.58. The van der Waals surface area contributed by atoms with Gasteiger partial charge in [-0.05, 0) is 55.6 Å². The lowest BCUT2D eigenvalue weighted by molar-refractivity contribution is 0.323. The summed E-state index contributed by atoms with van der Waals surface area (Å²) in [5.41, 5.74) is 8.04. The Morgan fingerprint density at radius 3 is 2.86 bits per heavy atom. The number of hydrogen-bond donors (Lipinski definition) is 2. The van der Waals surface area contributed by atoms with Crippen molar-refractivity contribution in [2.45, 2.75) is 19.8 Å². The first-order chi connectivity index (χ1) is 10.8. The van der Waals surface area contributed by atoms with E-state index in [1.54, 1.807) is 0 Å². The van der Waals surface area contributed by atoms with Crippen LogP contribution in [0.25, 0.3) is 11.1 Å². The van der Waals surface area contributed by atoms with Gasteiger partial charge in [-0.2, -0.15) is 0 Å². The molecule has 0 saturated heterocycles. The molecule has 22 heavy (non-hydrogen) atoms. The zero-order valence-corrected chi connectivity index (χ0v) is 13.0. The Labute approximate surface area is 131 Å². The molecule has 0 unspecified atom stereocenters. The Morgan fingerprint density at radius 1 is 1.05 bits per heavy atom. The Hall–Kier alpha value is -2.00. The fourth-order valence-corrected chi connectivity index (χ4v) is 3.57. The quantitative estimate of drug-likeness (QED) is 0.847. The van der Waals surface area contributed by atoms with Crippen LogP contribution in [0.15, 0.2) is 30.3 Å². The van der Waals surface area contributed by atoms with Crippen LogP contribution in [-0.4, -0.2) is 26.2 Å². The minimum Gasteiger partial charge on any atom is -0.490 e. The normalized spacial score (nSPS) is 16.8. The third kappa shape index (κ3) is 2.35. The van der Waals surface area contributed by atoms with Crippen molar-refractivity contribution in [3.05, 3.63) is 47.0 Å². The molecule has 0 fully saturated rings. The van der Waals surface area contributed by atoms with E-state index in [1.807, 2.05) is 0 Å². The summed E-state index contributed by atoms with van der Waals surface area (Å²) in [6.45, 7) is 5.88. The average Bonchev–Trinajstić information content (AvgIpc) is 2.77. The third-order valence-electron chi connectivity index (χ3n) is 4.58. The van der Waals surface area contributed by atoms with Gasteiger partial charge in [0.1, 0.15) is 12.4 Å². The van der Waals surface area contributed by atoms with Gasteiger partial charge in [0.05, 0.1) is 5.69 Å². The molecule has 2 aromatic rings. The zero-order chi connectivity index (χ0) is 14.9.